The van der Waals surface area contributed by atoms with E-state index in [0.717, 1.165) is 11.8 Å². The largest absolute Gasteiger partial charge is 0.391 e. The van der Waals surface area contributed by atoms with Crippen molar-refractivity contribution in [3.05, 3.63) is 0 Å². The predicted octanol–water partition coefficient (Wildman–Crippen LogP) is -1.07. The van der Waals surface area contributed by atoms with Gasteiger partial charge in [-0.3, -0.25) is 9.59 Å². The molecule has 0 spiro atoms. The lowest BCUT2D eigenvalue weighted by Gasteiger charge is -2.16. The Balaban J connectivity index is 0.00000144. The van der Waals surface area contributed by atoms with Crippen molar-refractivity contribution in [3.8, 4) is 0 Å². The summed E-state index contributed by atoms with van der Waals surface area (Å²) in [7, 11) is 0. The minimum atomic E-state index is -0.427. The van der Waals surface area contributed by atoms with Gasteiger partial charge in [0.1, 0.15) is 6.04 Å². The summed E-state index contributed by atoms with van der Waals surface area (Å²) in [5.74, 6) is 0.377. The van der Waals surface area contributed by atoms with E-state index in [9.17, 15) is 14.7 Å². The normalized spacial score (nSPS) is 31.8. The molecule has 2 aliphatic heterocycles. The minimum absolute atomic E-state index is 0. The van der Waals surface area contributed by atoms with Gasteiger partial charge in [0.25, 0.3) is 5.24 Å². The number of halogens is 1. The minimum Gasteiger partial charge on any atom is -0.391 e. The lowest BCUT2D eigenvalue weighted by molar-refractivity contribution is -0.122. The van der Waals surface area contributed by atoms with Crippen molar-refractivity contribution < 1.29 is 14.7 Å². The number of thioether (sulfide) groups is 1. The van der Waals surface area contributed by atoms with Crippen molar-refractivity contribution in [2.75, 3.05) is 25.4 Å². The van der Waals surface area contributed by atoms with E-state index < -0.39 is 12.1 Å². The van der Waals surface area contributed by atoms with Crippen molar-refractivity contribution in [3.63, 3.8) is 0 Å². The Morgan fingerprint density at radius 2 is 2.29 bits per heavy atom. The summed E-state index contributed by atoms with van der Waals surface area (Å²) in [6.07, 6.45) is -0.396. The summed E-state index contributed by atoms with van der Waals surface area (Å²) in [5, 5.41) is 17.7. The van der Waals surface area contributed by atoms with Gasteiger partial charge in [0.15, 0.2) is 0 Å². The Labute approximate surface area is 110 Å². The molecule has 6 nitrogen and oxygen atoms in total. The average Bonchev–Trinajstić information content (AvgIpc) is 2.84. The Bertz CT molecular complexity index is 305. The first-order valence-corrected chi connectivity index (χ1v) is 6.25. The Kier molecular flexibility index (Phi) is 5.51. The van der Waals surface area contributed by atoms with E-state index in [1.165, 1.54) is 0 Å². The third-order valence-corrected chi connectivity index (χ3v) is 3.71. The zero-order valence-electron chi connectivity index (χ0n) is 9.14. The van der Waals surface area contributed by atoms with E-state index in [1.54, 1.807) is 0 Å². The van der Waals surface area contributed by atoms with Crippen LogP contribution in [0.1, 0.15) is 0 Å². The lowest BCUT2D eigenvalue weighted by atomic mass is 10.1. The van der Waals surface area contributed by atoms with Crippen LogP contribution in [-0.2, 0) is 4.79 Å². The van der Waals surface area contributed by atoms with Gasteiger partial charge in [-0.1, -0.05) is 11.8 Å². The van der Waals surface area contributed by atoms with E-state index >= 15 is 0 Å². The van der Waals surface area contributed by atoms with Crippen molar-refractivity contribution in [2.24, 2.45) is 5.92 Å². The highest BCUT2D eigenvalue weighted by Crippen LogP contribution is 2.13. The first kappa shape index (κ1) is 14.6. The standard InChI is InChI=1S/C9H15N3O3S.ClH/c13-7-3-10-1-5(7)2-11-8(14)6-4-16-9(15)12-6;/h5-7,10,13H,1-4H2,(H,11,14)(H,12,15);1H/t5?,6-,7?;/m0./s1. The molecular weight excluding hydrogens is 266 g/mol. The molecule has 2 amide bonds. The molecule has 0 aromatic rings. The summed E-state index contributed by atoms with van der Waals surface area (Å²) < 4.78 is 0. The van der Waals surface area contributed by atoms with Crippen LogP contribution in [0, 0.1) is 5.92 Å². The van der Waals surface area contributed by atoms with Crippen LogP contribution >= 0.6 is 24.2 Å². The first-order chi connectivity index (χ1) is 7.66. The molecule has 17 heavy (non-hydrogen) atoms. The van der Waals surface area contributed by atoms with Crippen molar-refractivity contribution >= 4 is 35.3 Å². The van der Waals surface area contributed by atoms with Crippen LogP contribution in [0.4, 0.5) is 4.79 Å². The number of carbonyl (C=O) groups excluding carboxylic acids is 2. The monoisotopic (exact) mass is 281 g/mol. The number of β-amino-alcohol motifs (C(OH)–C–C–N with tert-alkyl or cyclic N) is 1. The molecule has 2 aliphatic rings. The SMILES string of the molecule is Cl.O=C1N[C@H](C(=O)NCC2CNCC2O)CS1. The number of rotatable bonds is 3. The molecule has 98 valence electrons. The third-order valence-electron chi connectivity index (χ3n) is 2.83. The van der Waals surface area contributed by atoms with Gasteiger partial charge in [0, 0.05) is 31.3 Å². The van der Waals surface area contributed by atoms with Crippen LogP contribution in [0.15, 0.2) is 0 Å². The molecule has 0 aromatic heterocycles. The van der Waals surface area contributed by atoms with Gasteiger partial charge in [-0.05, 0) is 0 Å². The van der Waals surface area contributed by atoms with Crippen LogP contribution in [0.5, 0.6) is 0 Å². The number of carbonyl (C=O) groups is 2. The molecule has 0 saturated carbocycles. The number of nitrogens with one attached hydrogen (secondary N) is 3. The maximum atomic E-state index is 11.6. The smallest absolute Gasteiger partial charge is 0.279 e. The zero-order valence-corrected chi connectivity index (χ0v) is 10.8. The first-order valence-electron chi connectivity index (χ1n) is 5.26. The average molecular weight is 282 g/mol. The van der Waals surface area contributed by atoms with Gasteiger partial charge >= 0.3 is 0 Å². The molecule has 3 atom stereocenters. The van der Waals surface area contributed by atoms with Crippen molar-refractivity contribution in [1.29, 1.82) is 0 Å². The van der Waals surface area contributed by atoms with Crippen molar-refractivity contribution in [2.45, 2.75) is 12.1 Å². The molecule has 2 unspecified atom stereocenters. The molecule has 2 rings (SSSR count). The van der Waals surface area contributed by atoms with Gasteiger partial charge in [-0.25, -0.2) is 0 Å². The molecular formula is C9H16ClN3O3S. The highest BCUT2D eigenvalue weighted by Gasteiger charge is 2.30. The third kappa shape index (κ3) is 3.74. The number of hydrogen-bond donors (Lipinski definition) is 4. The molecule has 0 bridgehead atoms. The zero-order chi connectivity index (χ0) is 11.5. The second kappa shape index (κ2) is 6.44. The van der Waals surface area contributed by atoms with E-state index in [0.29, 0.717) is 25.4 Å². The highest BCUT2D eigenvalue weighted by molar-refractivity contribution is 8.14. The molecule has 0 radical (unpaired) electrons. The van der Waals surface area contributed by atoms with E-state index in [-0.39, 0.29) is 29.5 Å². The molecule has 2 heterocycles. The summed E-state index contributed by atoms with van der Waals surface area (Å²) in [6, 6.07) is -0.427. The second-order valence-electron chi connectivity index (χ2n) is 4.03. The number of aliphatic hydroxyl groups excluding tert-OH is 1. The van der Waals surface area contributed by atoms with Crippen LogP contribution in [0.25, 0.3) is 0 Å². The van der Waals surface area contributed by atoms with Crippen LogP contribution in [0.2, 0.25) is 0 Å². The van der Waals surface area contributed by atoms with Gasteiger partial charge < -0.3 is 21.1 Å². The van der Waals surface area contributed by atoms with Crippen LogP contribution in [-0.4, -0.2) is 53.8 Å². The molecule has 0 aliphatic carbocycles. The Hall–Kier alpha value is -0.500. The Morgan fingerprint density at radius 1 is 1.53 bits per heavy atom. The number of hydrogen-bond acceptors (Lipinski definition) is 5. The van der Waals surface area contributed by atoms with Gasteiger partial charge in [0.05, 0.1) is 6.10 Å². The maximum absolute atomic E-state index is 11.6. The van der Waals surface area contributed by atoms with Gasteiger partial charge in [0.2, 0.25) is 5.91 Å². The lowest BCUT2D eigenvalue weighted by Crippen LogP contribution is -2.45. The summed E-state index contributed by atoms with van der Waals surface area (Å²) in [4.78, 5) is 22.5. The van der Waals surface area contributed by atoms with E-state index in [1.807, 2.05) is 0 Å². The summed E-state index contributed by atoms with van der Waals surface area (Å²) >= 11 is 1.12. The Morgan fingerprint density at radius 3 is 2.82 bits per heavy atom. The quantitative estimate of drug-likeness (QED) is 0.529. The fraction of sp³-hybridized carbons (Fsp3) is 0.778. The fourth-order valence-corrected chi connectivity index (χ4v) is 2.59. The highest BCUT2D eigenvalue weighted by atomic mass is 35.5. The maximum Gasteiger partial charge on any atom is 0.279 e. The molecule has 0 aromatic carbocycles. The van der Waals surface area contributed by atoms with Gasteiger partial charge in [-0.15, -0.1) is 12.4 Å². The fourth-order valence-electron chi connectivity index (χ4n) is 1.81. The second-order valence-corrected chi connectivity index (χ2v) is 5.02. The van der Waals surface area contributed by atoms with Crippen molar-refractivity contribution in [1.82, 2.24) is 16.0 Å². The molecule has 8 heteroatoms. The number of aliphatic hydroxyl groups is 1. The van der Waals surface area contributed by atoms with Crippen LogP contribution in [0.3, 0.4) is 0 Å². The number of amides is 2. The van der Waals surface area contributed by atoms with E-state index in [2.05, 4.69) is 16.0 Å². The molecule has 4 N–H and O–H groups in total. The van der Waals surface area contributed by atoms with E-state index in [4.69, 9.17) is 0 Å². The molecule has 2 saturated heterocycles. The van der Waals surface area contributed by atoms with Crippen LogP contribution < -0.4 is 16.0 Å². The summed E-state index contributed by atoms with van der Waals surface area (Å²) in [6.45, 7) is 1.74. The van der Waals surface area contributed by atoms with Gasteiger partial charge in [-0.2, -0.15) is 0 Å². The predicted molar refractivity (Wildman–Crippen MR) is 67.4 cm³/mol. The molecule has 2 fully saturated rings. The summed E-state index contributed by atoms with van der Waals surface area (Å²) in [5.41, 5.74) is 0. The topological polar surface area (TPSA) is 90.5 Å².